The zero-order valence-corrected chi connectivity index (χ0v) is 7.37. The SMILES string of the molecule is SC1C[Se]CC1S. The fraction of sp³-hybridized carbons (Fsp3) is 1.00. The molecule has 1 aliphatic rings. The molecule has 42 valence electrons. The van der Waals surface area contributed by atoms with Crippen LogP contribution in [0.3, 0.4) is 0 Å². The van der Waals surface area contributed by atoms with Crippen LogP contribution in [-0.4, -0.2) is 25.5 Å². The Kier molecular flexibility index (Phi) is 2.42. The van der Waals surface area contributed by atoms with E-state index < -0.39 is 0 Å². The summed E-state index contributed by atoms with van der Waals surface area (Å²) in [7, 11) is 0. The van der Waals surface area contributed by atoms with E-state index in [4.69, 9.17) is 0 Å². The van der Waals surface area contributed by atoms with Gasteiger partial charge in [-0.25, -0.2) is 0 Å². The van der Waals surface area contributed by atoms with Crippen molar-refractivity contribution in [1.82, 2.24) is 0 Å². The molecule has 0 radical (unpaired) electrons. The first-order valence-corrected chi connectivity index (χ1v) is 5.70. The summed E-state index contributed by atoms with van der Waals surface area (Å²) in [5.74, 6) is 0. The molecule has 1 saturated heterocycles. The molecule has 0 aromatic heterocycles. The van der Waals surface area contributed by atoms with Gasteiger partial charge in [-0.2, -0.15) is 0 Å². The Morgan fingerprint density at radius 1 is 1.14 bits per heavy atom. The normalized spacial score (nSPS) is 42.0. The average Bonchev–Trinajstić information content (AvgIpc) is 1.91. The zero-order valence-electron chi connectivity index (χ0n) is 3.87. The molecule has 0 nitrogen and oxygen atoms in total. The zero-order chi connectivity index (χ0) is 5.28. The van der Waals surface area contributed by atoms with Crippen molar-refractivity contribution in [2.75, 3.05) is 0 Å². The Labute approximate surface area is 61.4 Å². The molecule has 1 heterocycles. The van der Waals surface area contributed by atoms with Crippen molar-refractivity contribution in [1.29, 1.82) is 0 Å². The van der Waals surface area contributed by atoms with Gasteiger partial charge in [0.2, 0.25) is 0 Å². The van der Waals surface area contributed by atoms with Crippen molar-refractivity contribution in [3.05, 3.63) is 0 Å². The third kappa shape index (κ3) is 1.56. The van der Waals surface area contributed by atoms with Crippen LogP contribution in [0.1, 0.15) is 0 Å². The van der Waals surface area contributed by atoms with Crippen LogP contribution >= 0.6 is 25.3 Å². The van der Waals surface area contributed by atoms with E-state index >= 15 is 0 Å². The monoisotopic (exact) mass is 200 g/mol. The quantitative estimate of drug-likeness (QED) is 0.424. The molecular weight excluding hydrogens is 191 g/mol. The molecule has 1 aliphatic heterocycles. The van der Waals surface area contributed by atoms with Gasteiger partial charge in [-0.15, -0.1) is 0 Å². The van der Waals surface area contributed by atoms with Crippen molar-refractivity contribution in [2.45, 2.75) is 21.1 Å². The summed E-state index contributed by atoms with van der Waals surface area (Å²) in [6.07, 6.45) is 0. The van der Waals surface area contributed by atoms with Crippen LogP contribution in [0.4, 0.5) is 0 Å². The van der Waals surface area contributed by atoms with Gasteiger partial charge in [-0.05, 0) is 0 Å². The van der Waals surface area contributed by atoms with Gasteiger partial charge in [0, 0.05) is 0 Å². The summed E-state index contributed by atoms with van der Waals surface area (Å²) >= 11 is 9.51. The van der Waals surface area contributed by atoms with E-state index in [9.17, 15) is 0 Å². The van der Waals surface area contributed by atoms with Crippen LogP contribution in [-0.2, 0) is 0 Å². The Morgan fingerprint density at radius 2 is 1.57 bits per heavy atom. The molecule has 2 atom stereocenters. The molecule has 3 heteroatoms. The van der Waals surface area contributed by atoms with Crippen molar-refractivity contribution < 1.29 is 0 Å². The molecule has 0 aliphatic carbocycles. The summed E-state index contributed by atoms with van der Waals surface area (Å²) in [6.45, 7) is 0. The second kappa shape index (κ2) is 2.67. The molecule has 1 fully saturated rings. The molecule has 1 rings (SSSR count). The van der Waals surface area contributed by atoms with Crippen LogP contribution in [0, 0.1) is 0 Å². The Morgan fingerprint density at radius 3 is 1.71 bits per heavy atom. The summed E-state index contributed by atoms with van der Waals surface area (Å²) in [5.41, 5.74) is 0. The fourth-order valence-electron chi connectivity index (χ4n) is 0.532. The van der Waals surface area contributed by atoms with Crippen molar-refractivity contribution >= 4 is 40.2 Å². The van der Waals surface area contributed by atoms with Crippen LogP contribution < -0.4 is 0 Å². The van der Waals surface area contributed by atoms with Gasteiger partial charge in [0.05, 0.1) is 0 Å². The van der Waals surface area contributed by atoms with Crippen molar-refractivity contribution in [3.8, 4) is 0 Å². The number of hydrogen-bond donors (Lipinski definition) is 2. The van der Waals surface area contributed by atoms with Gasteiger partial charge in [0.25, 0.3) is 0 Å². The standard InChI is InChI=1S/C4H8S2Se/c5-3-1-7-2-4(3)6/h3-6H,1-2H2. The molecule has 0 aromatic carbocycles. The Hall–Kier alpha value is 1.22. The first kappa shape index (κ1) is 6.34. The second-order valence-corrected chi connectivity index (χ2v) is 5.25. The molecule has 0 amide bonds. The third-order valence-corrected chi connectivity index (χ3v) is 5.95. The molecule has 7 heavy (non-hydrogen) atoms. The van der Waals surface area contributed by atoms with E-state index in [1.807, 2.05) is 0 Å². The third-order valence-electron chi connectivity index (χ3n) is 1.02. The summed E-state index contributed by atoms with van der Waals surface area (Å²) in [5, 5.41) is 3.85. The molecule has 0 N–H and O–H groups in total. The van der Waals surface area contributed by atoms with E-state index in [0.29, 0.717) is 10.5 Å². The van der Waals surface area contributed by atoms with Gasteiger partial charge in [-0.3, -0.25) is 0 Å². The van der Waals surface area contributed by atoms with Gasteiger partial charge >= 0.3 is 61.4 Å². The number of rotatable bonds is 0. The van der Waals surface area contributed by atoms with E-state index in [2.05, 4.69) is 25.3 Å². The predicted molar refractivity (Wildman–Crippen MR) is 40.9 cm³/mol. The van der Waals surface area contributed by atoms with E-state index in [-0.39, 0.29) is 0 Å². The Balaban J connectivity index is 2.33. The van der Waals surface area contributed by atoms with Gasteiger partial charge < -0.3 is 0 Å². The minimum atomic E-state index is 0.600. The van der Waals surface area contributed by atoms with Crippen molar-refractivity contribution in [3.63, 3.8) is 0 Å². The fourth-order valence-corrected chi connectivity index (χ4v) is 4.75. The van der Waals surface area contributed by atoms with Crippen LogP contribution in [0.5, 0.6) is 0 Å². The van der Waals surface area contributed by atoms with Gasteiger partial charge in [0.15, 0.2) is 0 Å². The first-order chi connectivity index (χ1) is 3.30. The summed E-state index contributed by atoms with van der Waals surface area (Å²) in [4.78, 5) is 0. The molecule has 0 bridgehead atoms. The Bertz CT molecular complexity index is 58.7. The average molecular weight is 199 g/mol. The first-order valence-electron chi connectivity index (χ1n) is 2.24. The topological polar surface area (TPSA) is 0 Å². The van der Waals surface area contributed by atoms with E-state index in [1.54, 1.807) is 0 Å². The van der Waals surface area contributed by atoms with Gasteiger partial charge in [-0.1, -0.05) is 0 Å². The summed E-state index contributed by atoms with van der Waals surface area (Å²) < 4.78 is 0. The maximum absolute atomic E-state index is 4.33. The number of hydrogen-bond acceptors (Lipinski definition) is 2. The van der Waals surface area contributed by atoms with E-state index in [0.717, 1.165) is 15.0 Å². The summed E-state index contributed by atoms with van der Waals surface area (Å²) in [6, 6.07) is 0. The predicted octanol–water partition coefficient (Wildman–Crippen LogP) is 1.14. The molecule has 2 unspecified atom stereocenters. The van der Waals surface area contributed by atoms with E-state index in [1.165, 1.54) is 10.6 Å². The molecule has 0 spiro atoms. The van der Waals surface area contributed by atoms with Crippen LogP contribution in [0.15, 0.2) is 0 Å². The molecule has 0 saturated carbocycles. The van der Waals surface area contributed by atoms with Gasteiger partial charge in [0.1, 0.15) is 0 Å². The van der Waals surface area contributed by atoms with Crippen molar-refractivity contribution in [2.24, 2.45) is 0 Å². The molecular formula is C4H8S2Se. The number of thiol groups is 2. The minimum absolute atomic E-state index is 0.600. The second-order valence-electron chi connectivity index (χ2n) is 1.67. The van der Waals surface area contributed by atoms with Crippen LogP contribution in [0.2, 0.25) is 10.6 Å². The van der Waals surface area contributed by atoms with Crippen LogP contribution in [0.25, 0.3) is 0 Å². The molecule has 0 aromatic rings. The maximum atomic E-state index is 4.33.